The Bertz CT molecular complexity index is 501. The van der Waals surface area contributed by atoms with Crippen LogP contribution in [0.2, 0.25) is 0 Å². The number of halogens is 1. The van der Waals surface area contributed by atoms with Gasteiger partial charge in [-0.15, -0.1) is 24.0 Å². The zero-order valence-corrected chi connectivity index (χ0v) is 16.1. The van der Waals surface area contributed by atoms with Crippen LogP contribution >= 0.6 is 24.0 Å². The molecule has 1 saturated heterocycles. The minimum absolute atomic E-state index is 0. The summed E-state index contributed by atoms with van der Waals surface area (Å²) in [6.07, 6.45) is 4.02. The van der Waals surface area contributed by atoms with Gasteiger partial charge in [0.15, 0.2) is 5.96 Å². The third kappa shape index (κ3) is 6.76. The average Bonchev–Trinajstić information content (AvgIpc) is 2.56. The largest absolute Gasteiger partial charge is 0.370 e. The summed E-state index contributed by atoms with van der Waals surface area (Å²) in [6.45, 7) is 3.06. The summed E-state index contributed by atoms with van der Waals surface area (Å²) in [7, 11) is 1.83. The van der Waals surface area contributed by atoms with Crippen molar-refractivity contribution in [3.63, 3.8) is 0 Å². The fourth-order valence-corrected chi connectivity index (χ4v) is 2.63. The zero-order valence-electron chi connectivity index (χ0n) is 13.8. The summed E-state index contributed by atoms with van der Waals surface area (Å²) in [4.78, 5) is 20.3. The molecule has 1 amide bonds. The van der Waals surface area contributed by atoms with Crippen LogP contribution in [-0.4, -0.2) is 48.3 Å². The standard InChI is InChI=1S/C17H26N4O.HI/c1-20(14-15-8-4-2-5-9-15)16(22)10-11-19-17(18)21-12-6-3-7-13-21;/h2,4-5,8-9H,3,6-7,10-14H2,1H3,(H2,18,19);1H. The van der Waals surface area contributed by atoms with Crippen molar-refractivity contribution in [2.75, 3.05) is 26.7 Å². The first-order chi connectivity index (χ1) is 10.7. The van der Waals surface area contributed by atoms with Crippen LogP contribution in [0.15, 0.2) is 35.3 Å². The molecule has 6 heteroatoms. The second-order valence-corrected chi connectivity index (χ2v) is 5.77. The van der Waals surface area contributed by atoms with Crippen molar-refractivity contribution in [3.8, 4) is 0 Å². The minimum Gasteiger partial charge on any atom is -0.370 e. The predicted octanol–water partition coefficient (Wildman–Crippen LogP) is 2.45. The van der Waals surface area contributed by atoms with Gasteiger partial charge in [-0.1, -0.05) is 30.3 Å². The fraction of sp³-hybridized carbons (Fsp3) is 0.529. The van der Waals surface area contributed by atoms with Crippen LogP contribution in [0, 0.1) is 0 Å². The first-order valence-electron chi connectivity index (χ1n) is 7.99. The number of carbonyl (C=O) groups is 1. The molecular weight excluding hydrogens is 403 g/mol. The number of nitrogens with zero attached hydrogens (tertiary/aromatic N) is 3. The molecule has 2 rings (SSSR count). The summed E-state index contributed by atoms with van der Waals surface area (Å²) < 4.78 is 0. The van der Waals surface area contributed by atoms with Crippen LogP contribution in [0.25, 0.3) is 0 Å². The summed E-state index contributed by atoms with van der Waals surface area (Å²) >= 11 is 0. The Morgan fingerprint density at radius 3 is 2.52 bits per heavy atom. The van der Waals surface area contributed by atoms with E-state index >= 15 is 0 Å². The molecule has 1 heterocycles. The van der Waals surface area contributed by atoms with Gasteiger partial charge in [0.2, 0.25) is 5.91 Å². The first kappa shape index (κ1) is 19.7. The Kier molecular flexibility index (Phi) is 8.98. The van der Waals surface area contributed by atoms with Gasteiger partial charge in [0.1, 0.15) is 0 Å². The van der Waals surface area contributed by atoms with E-state index in [0.29, 0.717) is 25.5 Å². The Balaban J connectivity index is 0.00000264. The van der Waals surface area contributed by atoms with Crippen LogP contribution in [0.4, 0.5) is 0 Å². The monoisotopic (exact) mass is 430 g/mol. The number of nitrogens with two attached hydrogens (primary N) is 1. The summed E-state index contributed by atoms with van der Waals surface area (Å²) in [5.74, 6) is 0.678. The quantitative estimate of drug-likeness (QED) is 0.444. The molecule has 128 valence electrons. The average molecular weight is 430 g/mol. The zero-order chi connectivity index (χ0) is 15.8. The molecule has 1 fully saturated rings. The number of hydrogen-bond donors (Lipinski definition) is 1. The topological polar surface area (TPSA) is 61.9 Å². The van der Waals surface area contributed by atoms with Gasteiger partial charge in [0.25, 0.3) is 0 Å². The molecule has 0 spiro atoms. The first-order valence-corrected chi connectivity index (χ1v) is 7.99. The molecule has 0 bridgehead atoms. The van der Waals surface area contributed by atoms with E-state index in [0.717, 1.165) is 18.7 Å². The molecule has 0 saturated carbocycles. The van der Waals surface area contributed by atoms with Crippen molar-refractivity contribution in [1.82, 2.24) is 9.80 Å². The lowest BCUT2D eigenvalue weighted by molar-refractivity contribution is -0.130. The second kappa shape index (κ2) is 10.5. The normalized spacial score (nSPS) is 15.0. The third-order valence-corrected chi connectivity index (χ3v) is 3.97. The molecule has 1 aliphatic heterocycles. The van der Waals surface area contributed by atoms with Gasteiger partial charge in [0.05, 0.1) is 6.54 Å². The van der Waals surface area contributed by atoms with E-state index in [4.69, 9.17) is 5.73 Å². The van der Waals surface area contributed by atoms with Gasteiger partial charge in [-0.05, 0) is 24.8 Å². The maximum Gasteiger partial charge on any atom is 0.224 e. The van der Waals surface area contributed by atoms with Gasteiger partial charge in [0, 0.05) is 33.1 Å². The smallest absolute Gasteiger partial charge is 0.224 e. The molecule has 0 atom stereocenters. The van der Waals surface area contributed by atoms with Gasteiger partial charge in [-0.2, -0.15) is 0 Å². The number of amides is 1. The highest BCUT2D eigenvalue weighted by molar-refractivity contribution is 14.0. The van der Waals surface area contributed by atoms with Crippen LogP contribution in [0.3, 0.4) is 0 Å². The minimum atomic E-state index is 0. The Morgan fingerprint density at radius 1 is 1.22 bits per heavy atom. The second-order valence-electron chi connectivity index (χ2n) is 5.77. The van der Waals surface area contributed by atoms with Gasteiger partial charge < -0.3 is 15.5 Å². The lowest BCUT2D eigenvalue weighted by Gasteiger charge is -2.27. The van der Waals surface area contributed by atoms with E-state index < -0.39 is 0 Å². The number of carbonyl (C=O) groups excluding carboxylic acids is 1. The van der Waals surface area contributed by atoms with Gasteiger partial charge in [-0.25, -0.2) is 0 Å². The molecule has 0 aliphatic carbocycles. The number of piperidine rings is 1. The molecule has 0 unspecified atom stereocenters. The summed E-state index contributed by atoms with van der Waals surface area (Å²) in [6, 6.07) is 9.99. The van der Waals surface area contributed by atoms with Crippen molar-refractivity contribution in [1.29, 1.82) is 0 Å². The highest BCUT2D eigenvalue weighted by atomic mass is 127. The van der Waals surface area contributed by atoms with E-state index in [2.05, 4.69) is 9.89 Å². The van der Waals surface area contributed by atoms with Crippen LogP contribution in [0.5, 0.6) is 0 Å². The maximum absolute atomic E-state index is 12.1. The Hall–Kier alpha value is -1.31. The van der Waals surface area contributed by atoms with Gasteiger partial charge >= 0.3 is 0 Å². The molecule has 1 aromatic carbocycles. The highest BCUT2D eigenvalue weighted by Gasteiger charge is 2.12. The molecule has 1 aliphatic rings. The molecule has 1 aromatic rings. The number of rotatable bonds is 5. The number of aliphatic imine (C=N–C) groups is 1. The van der Waals surface area contributed by atoms with Gasteiger partial charge in [-0.3, -0.25) is 9.79 Å². The van der Waals surface area contributed by atoms with Crippen LogP contribution in [0.1, 0.15) is 31.2 Å². The lowest BCUT2D eigenvalue weighted by Crippen LogP contribution is -2.41. The van der Waals surface area contributed by atoms with Crippen molar-refractivity contribution in [3.05, 3.63) is 35.9 Å². The van der Waals surface area contributed by atoms with Crippen LogP contribution in [-0.2, 0) is 11.3 Å². The van der Waals surface area contributed by atoms with Crippen LogP contribution < -0.4 is 5.73 Å². The number of benzene rings is 1. The van der Waals surface area contributed by atoms with Crippen molar-refractivity contribution < 1.29 is 4.79 Å². The number of hydrogen-bond acceptors (Lipinski definition) is 2. The Labute approximate surface area is 156 Å². The van der Waals surface area contributed by atoms with E-state index in [1.54, 1.807) is 4.90 Å². The lowest BCUT2D eigenvalue weighted by atomic mass is 10.1. The number of likely N-dealkylation sites (tertiary alicyclic amines) is 1. The molecule has 0 radical (unpaired) electrons. The van der Waals surface area contributed by atoms with Crippen molar-refractivity contribution in [2.45, 2.75) is 32.2 Å². The molecule has 0 aromatic heterocycles. The third-order valence-electron chi connectivity index (χ3n) is 3.97. The predicted molar refractivity (Wildman–Crippen MR) is 105 cm³/mol. The van der Waals surface area contributed by atoms with E-state index in [1.165, 1.54) is 19.3 Å². The van der Waals surface area contributed by atoms with E-state index in [9.17, 15) is 4.79 Å². The Morgan fingerprint density at radius 2 is 1.87 bits per heavy atom. The maximum atomic E-state index is 12.1. The SMILES string of the molecule is CN(Cc1ccccc1)C(=O)CCN=C(N)N1CCCCC1.I. The number of guanidine groups is 1. The van der Waals surface area contributed by atoms with Crippen molar-refractivity contribution >= 4 is 35.8 Å². The van der Waals surface area contributed by atoms with E-state index in [-0.39, 0.29) is 29.9 Å². The fourth-order valence-electron chi connectivity index (χ4n) is 2.63. The molecule has 5 nitrogen and oxygen atoms in total. The van der Waals surface area contributed by atoms with Crippen molar-refractivity contribution in [2.24, 2.45) is 10.7 Å². The molecule has 2 N–H and O–H groups in total. The van der Waals surface area contributed by atoms with E-state index in [1.807, 2.05) is 37.4 Å². The molecule has 23 heavy (non-hydrogen) atoms. The molecular formula is C17H27IN4O. The summed E-state index contributed by atoms with van der Waals surface area (Å²) in [5, 5.41) is 0. The highest BCUT2D eigenvalue weighted by Crippen LogP contribution is 2.08. The summed E-state index contributed by atoms with van der Waals surface area (Å²) in [5.41, 5.74) is 7.12.